The topological polar surface area (TPSA) is 15.3 Å². The molecule has 2 rings (SSSR count). The van der Waals surface area contributed by atoms with Crippen molar-refractivity contribution in [2.75, 3.05) is 31.5 Å². The SMILES string of the molecule is Clc1ccccc1NCCN1CCCCC1. The lowest BCUT2D eigenvalue weighted by atomic mass is 10.1. The lowest BCUT2D eigenvalue weighted by molar-refractivity contribution is 0.237. The normalized spacial score (nSPS) is 17.3. The summed E-state index contributed by atoms with van der Waals surface area (Å²) < 4.78 is 0. The number of hydrogen-bond acceptors (Lipinski definition) is 2. The second kappa shape index (κ2) is 6.12. The number of anilines is 1. The molecule has 0 atom stereocenters. The molecule has 1 heterocycles. The molecular formula is C13H19ClN2. The summed E-state index contributed by atoms with van der Waals surface area (Å²) in [5.74, 6) is 0. The highest BCUT2D eigenvalue weighted by Crippen LogP contribution is 2.20. The van der Waals surface area contributed by atoms with Crippen LogP contribution in [0.2, 0.25) is 5.02 Å². The monoisotopic (exact) mass is 238 g/mol. The predicted molar refractivity (Wildman–Crippen MR) is 70.2 cm³/mol. The molecule has 1 aliphatic rings. The van der Waals surface area contributed by atoms with Gasteiger partial charge in [-0.05, 0) is 38.1 Å². The van der Waals surface area contributed by atoms with Crippen LogP contribution in [-0.4, -0.2) is 31.1 Å². The summed E-state index contributed by atoms with van der Waals surface area (Å²) in [4.78, 5) is 2.52. The third-order valence-electron chi connectivity index (χ3n) is 3.07. The third kappa shape index (κ3) is 3.39. The lowest BCUT2D eigenvalue weighted by Crippen LogP contribution is -2.33. The molecule has 0 radical (unpaired) electrons. The molecule has 0 aliphatic carbocycles. The first-order valence-corrected chi connectivity index (χ1v) is 6.45. The molecule has 1 aliphatic heterocycles. The Hall–Kier alpha value is -0.730. The number of halogens is 1. The first-order valence-electron chi connectivity index (χ1n) is 6.07. The molecule has 0 aromatic heterocycles. The molecule has 1 aromatic rings. The van der Waals surface area contributed by atoms with Crippen molar-refractivity contribution in [2.24, 2.45) is 0 Å². The third-order valence-corrected chi connectivity index (χ3v) is 3.40. The fraction of sp³-hybridized carbons (Fsp3) is 0.538. The molecule has 1 aromatic carbocycles. The largest absolute Gasteiger partial charge is 0.383 e. The van der Waals surface area contributed by atoms with E-state index < -0.39 is 0 Å². The lowest BCUT2D eigenvalue weighted by Gasteiger charge is -2.26. The van der Waals surface area contributed by atoms with Crippen LogP contribution >= 0.6 is 11.6 Å². The highest BCUT2D eigenvalue weighted by atomic mass is 35.5. The molecule has 88 valence electrons. The van der Waals surface area contributed by atoms with Gasteiger partial charge in [-0.1, -0.05) is 30.2 Å². The van der Waals surface area contributed by atoms with Crippen molar-refractivity contribution < 1.29 is 0 Å². The predicted octanol–water partition coefficient (Wildman–Crippen LogP) is 3.24. The van der Waals surface area contributed by atoms with Gasteiger partial charge in [-0.25, -0.2) is 0 Å². The first-order chi connectivity index (χ1) is 7.86. The van der Waals surface area contributed by atoms with Crippen molar-refractivity contribution in [2.45, 2.75) is 19.3 Å². The Balaban J connectivity index is 1.73. The van der Waals surface area contributed by atoms with E-state index in [1.807, 2.05) is 24.3 Å². The summed E-state index contributed by atoms with van der Waals surface area (Å²) in [7, 11) is 0. The van der Waals surface area contributed by atoms with Gasteiger partial charge in [0.15, 0.2) is 0 Å². The molecule has 0 bridgehead atoms. The molecular weight excluding hydrogens is 220 g/mol. The fourth-order valence-corrected chi connectivity index (χ4v) is 2.34. The summed E-state index contributed by atoms with van der Waals surface area (Å²) >= 11 is 6.07. The van der Waals surface area contributed by atoms with Gasteiger partial charge in [0.05, 0.1) is 10.7 Å². The maximum atomic E-state index is 6.07. The van der Waals surface area contributed by atoms with Crippen LogP contribution in [0.4, 0.5) is 5.69 Å². The number of nitrogens with one attached hydrogen (secondary N) is 1. The number of likely N-dealkylation sites (tertiary alicyclic amines) is 1. The number of benzene rings is 1. The van der Waals surface area contributed by atoms with Crippen molar-refractivity contribution in [1.82, 2.24) is 4.90 Å². The van der Waals surface area contributed by atoms with Gasteiger partial charge in [0.2, 0.25) is 0 Å². The molecule has 0 spiro atoms. The van der Waals surface area contributed by atoms with Crippen LogP contribution < -0.4 is 5.32 Å². The van der Waals surface area contributed by atoms with E-state index in [1.165, 1.54) is 32.4 Å². The smallest absolute Gasteiger partial charge is 0.0637 e. The van der Waals surface area contributed by atoms with Crippen molar-refractivity contribution in [1.29, 1.82) is 0 Å². The van der Waals surface area contributed by atoms with Gasteiger partial charge in [-0.2, -0.15) is 0 Å². The Morgan fingerprint density at radius 2 is 1.88 bits per heavy atom. The zero-order valence-corrected chi connectivity index (χ0v) is 10.3. The highest BCUT2D eigenvalue weighted by Gasteiger charge is 2.09. The number of para-hydroxylation sites is 1. The minimum atomic E-state index is 0.807. The Labute approximate surface area is 103 Å². The van der Waals surface area contributed by atoms with Crippen LogP contribution in [0.1, 0.15) is 19.3 Å². The van der Waals surface area contributed by atoms with Gasteiger partial charge in [0.25, 0.3) is 0 Å². The molecule has 3 heteroatoms. The summed E-state index contributed by atoms with van der Waals surface area (Å²) in [6, 6.07) is 7.91. The van der Waals surface area contributed by atoms with Gasteiger partial charge in [-0.15, -0.1) is 0 Å². The van der Waals surface area contributed by atoms with Crippen molar-refractivity contribution in [3.05, 3.63) is 29.3 Å². The van der Waals surface area contributed by atoms with E-state index in [4.69, 9.17) is 11.6 Å². The fourth-order valence-electron chi connectivity index (χ4n) is 2.14. The van der Waals surface area contributed by atoms with Gasteiger partial charge in [0.1, 0.15) is 0 Å². The standard InChI is InChI=1S/C13H19ClN2/c14-12-6-2-3-7-13(12)15-8-11-16-9-4-1-5-10-16/h2-3,6-7,15H,1,4-5,8-11H2. The van der Waals surface area contributed by atoms with E-state index in [1.54, 1.807) is 0 Å². The molecule has 1 N–H and O–H groups in total. The van der Waals surface area contributed by atoms with Crippen molar-refractivity contribution >= 4 is 17.3 Å². The second-order valence-corrected chi connectivity index (χ2v) is 4.72. The van der Waals surface area contributed by atoms with Crippen molar-refractivity contribution in [3.8, 4) is 0 Å². The van der Waals surface area contributed by atoms with Crippen LogP contribution in [0.25, 0.3) is 0 Å². The molecule has 0 unspecified atom stereocenters. The first kappa shape index (κ1) is 11.7. The number of rotatable bonds is 4. The summed E-state index contributed by atoms with van der Waals surface area (Å²) in [6.45, 7) is 4.60. The summed E-state index contributed by atoms with van der Waals surface area (Å²) in [5.41, 5.74) is 1.04. The molecule has 1 fully saturated rings. The minimum Gasteiger partial charge on any atom is -0.383 e. The zero-order valence-electron chi connectivity index (χ0n) is 9.58. The van der Waals surface area contributed by atoms with E-state index in [0.717, 1.165) is 23.8 Å². The van der Waals surface area contributed by atoms with E-state index in [9.17, 15) is 0 Å². The van der Waals surface area contributed by atoms with Crippen LogP contribution in [-0.2, 0) is 0 Å². The van der Waals surface area contributed by atoms with E-state index >= 15 is 0 Å². The zero-order chi connectivity index (χ0) is 11.2. The highest BCUT2D eigenvalue weighted by molar-refractivity contribution is 6.33. The second-order valence-electron chi connectivity index (χ2n) is 4.31. The number of piperidine rings is 1. The summed E-state index contributed by atoms with van der Waals surface area (Å²) in [5, 5.41) is 4.19. The van der Waals surface area contributed by atoms with E-state index in [0.29, 0.717) is 0 Å². The quantitative estimate of drug-likeness (QED) is 0.867. The average Bonchev–Trinajstić information content (AvgIpc) is 2.33. The molecule has 2 nitrogen and oxygen atoms in total. The van der Waals surface area contributed by atoms with Gasteiger partial charge in [0, 0.05) is 13.1 Å². The molecule has 1 saturated heterocycles. The van der Waals surface area contributed by atoms with Crippen LogP contribution in [0.15, 0.2) is 24.3 Å². The maximum absolute atomic E-state index is 6.07. The van der Waals surface area contributed by atoms with Gasteiger partial charge < -0.3 is 10.2 Å². The number of nitrogens with zero attached hydrogens (tertiary/aromatic N) is 1. The van der Waals surface area contributed by atoms with E-state index in [2.05, 4.69) is 10.2 Å². The van der Waals surface area contributed by atoms with Crippen LogP contribution in [0.3, 0.4) is 0 Å². The summed E-state index contributed by atoms with van der Waals surface area (Å²) in [6.07, 6.45) is 4.10. The van der Waals surface area contributed by atoms with E-state index in [-0.39, 0.29) is 0 Å². The van der Waals surface area contributed by atoms with Gasteiger partial charge in [-0.3, -0.25) is 0 Å². The van der Waals surface area contributed by atoms with Crippen molar-refractivity contribution in [3.63, 3.8) is 0 Å². The van der Waals surface area contributed by atoms with Crippen LogP contribution in [0, 0.1) is 0 Å². The molecule has 16 heavy (non-hydrogen) atoms. The Morgan fingerprint density at radius 3 is 2.62 bits per heavy atom. The Morgan fingerprint density at radius 1 is 1.12 bits per heavy atom. The van der Waals surface area contributed by atoms with Crippen LogP contribution in [0.5, 0.6) is 0 Å². The minimum absolute atomic E-state index is 0.807. The Kier molecular flexibility index (Phi) is 4.49. The Bertz CT molecular complexity index is 321. The molecule has 0 saturated carbocycles. The van der Waals surface area contributed by atoms with Gasteiger partial charge >= 0.3 is 0 Å². The molecule has 0 amide bonds. The maximum Gasteiger partial charge on any atom is 0.0637 e. The average molecular weight is 239 g/mol. The number of hydrogen-bond donors (Lipinski definition) is 1.